The maximum Gasteiger partial charge on any atom is 0.0233 e. The van der Waals surface area contributed by atoms with Gasteiger partial charge in [-0.05, 0) is 36.4 Å². The predicted molar refractivity (Wildman–Crippen MR) is 82.2 cm³/mol. The molecule has 0 amide bonds. The molecule has 1 fully saturated rings. The number of hydrogen-bond donors (Lipinski definition) is 1. The summed E-state index contributed by atoms with van der Waals surface area (Å²) in [5, 5.41) is 3.56. The van der Waals surface area contributed by atoms with Gasteiger partial charge in [0, 0.05) is 19.6 Å². The molecule has 1 aliphatic heterocycles. The Labute approximate surface area is 118 Å². The molecule has 0 spiro atoms. The molecule has 106 valence electrons. The lowest BCUT2D eigenvalue weighted by Gasteiger charge is -2.38. The van der Waals surface area contributed by atoms with Crippen molar-refractivity contribution in [2.24, 2.45) is 11.3 Å². The summed E-state index contributed by atoms with van der Waals surface area (Å²) in [4.78, 5) is 2.60. The quantitative estimate of drug-likeness (QED) is 0.845. The molecular weight excluding hydrogens is 232 g/mol. The Morgan fingerprint density at radius 1 is 1.26 bits per heavy atom. The molecule has 1 heterocycles. The second kappa shape index (κ2) is 6.53. The fourth-order valence-electron chi connectivity index (χ4n) is 3.14. The highest BCUT2D eigenvalue weighted by Gasteiger charge is 2.37. The van der Waals surface area contributed by atoms with Crippen LogP contribution in [0.4, 0.5) is 0 Å². The van der Waals surface area contributed by atoms with Gasteiger partial charge in [-0.1, -0.05) is 51.1 Å². The maximum atomic E-state index is 3.56. The van der Waals surface area contributed by atoms with Crippen LogP contribution in [0.1, 0.15) is 32.8 Å². The van der Waals surface area contributed by atoms with Gasteiger partial charge < -0.3 is 5.32 Å². The number of hydrogen-bond acceptors (Lipinski definition) is 2. The van der Waals surface area contributed by atoms with Gasteiger partial charge in [0.25, 0.3) is 0 Å². The van der Waals surface area contributed by atoms with Gasteiger partial charge in [-0.25, -0.2) is 0 Å². The summed E-state index contributed by atoms with van der Waals surface area (Å²) < 4.78 is 0. The summed E-state index contributed by atoms with van der Waals surface area (Å²) in [5.41, 5.74) is 1.89. The van der Waals surface area contributed by atoms with Crippen molar-refractivity contribution in [2.45, 2.75) is 33.7 Å². The third-order valence-electron chi connectivity index (χ3n) is 4.74. The van der Waals surface area contributed by atoms with Gasteiger partial charge in [0.2, 0.25) is 0 Å². The maximum absolute atomic E-state index is 3.56. The molecule has 1 aromatic carbocycles. The molecule has 0 radical (unpaired) electrons. The summed E-state index contributed by atoms with van der Waals surface area (Å²) in [6, 6.07) is 10.8. The number of nitrogens with one attached hydrogen (secondary N) is 1. The van der Waals surface area contributed by atoms with E-state index < -0.39 is 0 Å². The normalized spacial score (nSPS) is 23.4. The van der Waals surface area contributed by atoms with Crippen LogP contribution in [0.15, 0.2) is 30.3 Å². The van der Waals surface area contributed by atoms with Crippen LogP contribution < -0.4 is 5.32 Å². The average Bonchev–Trinajstić information content (AvgIpc) is 2.89. The Hall–Kier alpha value is -0.860. The Bertz CT molecular complexity index is 366. The van der Waals surface area contributed by atoms with Crippen molar-refractivity contribution < 1.29 is 0 Å². The van der Waals surface area contributed by atoms with Gasteiger partial charge >= 0.3 is 0 Å². The highest BCUT2D eigenvalue weighted by Crippen LogP contribution is 2.35. The van der Waals surface area contributed by atoms with E-state index in [0.717, 1.165) is 19.0 Å². The van der Waals surface area contributed by atoms with Crippen LogP contribution in [0.2, 0.25) is 0 Å². The smallest absolute Gasteiger partial charge is 0.0233 e. The molecule has 2 rings (SSSR count). The van der Waals surface area contributed by atoms with Crippen molar-refractivity contribution >= 4 is 0 Å². The van der Waals surface area contributed by atoms with E-state index >= 15 is 0 Å². The topological polar surface area (TPSA) is 15.3 Å². The second-order valence-corrected chi connectivity index (χ2v) is 6.23. The van der Waals surface area contributed by atoms with E-state index in [9.17, 15) is 0 Å². The SMILES string of the molecule is CCN(Cc1ccccc1)CC1(C(C)C)CCNC1. The van der Waals surface area contributed by atoms with Crippen LogP contribution in [0.5, 0.6) is 0 Å². The number of nitrogens with zero attached hydrogens (tertiary/aromatic N) is 1. The molecule has 1 N–H and O–H groups in total. The Morgan fingerprint density at radius 3 is 2.53 bits per heavy atom. The first-order valence-electron chi connectivity index (χ1n) is 7.63. The Balaban J connectivity index is 2.02. The van der Waals surface area contributed by atoms with Crippen LogP contribution >= 0.6 is 0 Å². The van der Waals surface area contributed by atoms with Gasteiger partial charge in [-0.15, -0.1) is 0 Å². The summed E-state index contributed by atoms with van der Waals surface area (Å²) in [7, 11) is 0. The summed E-state index contributed by atoms with van der Waals surface area (Å²) >= 11 is 0. The molecule has 2 nitrogen and oxygen atoms in total. The van der Waals surface area contributed by atoms with Crippen LogP contribution in [-0.2, 0) is 6.54 Å². The lowest BCUT2D eigenvalue weighted by Crippen LogP contribution is -2.42. The molecular formula is C17H28N2. The van der Waals surface area contributed by atoms with Gasteiger partial charge in [0.05, 0.1) is 0 Å². The van der Waals surface area contributed by atoms with E-state index in [1.54, 1.807) is 0 Å². The van der Waals surface area contributed by atoms with Crippen molar-refractivity contribution in [3.63, 3.8) is 0 Å². The molecule has 0 aromatic heterocycles. The highest BCUT2D eigenvalue weighted by molar-refractivity contribution is 5.14. The van der Waals surface area contributed by atoms with Crippen LogP contribution in [0.25, 0.3) is 0 Å². The second-order valence-electron chi connectivity index (χ2n) is 6.23. The van der Waals surface area contributed by atoms with E-state index in [4.69, 9.17) is 0 Å². The van der Waals surface area contributed by atoms with Gasteiger partial charge in [-0.2, -0.15) is 0 Å². The largest absolute Gasteiger partial charge is 0.316 e. The molecule has 1 saturated heterocycles. The van der Waals surface area contributed by atoms with E-state index in [1.807, 2.05) is 0 Å². The first-order chi connectivity index (χ1) is 9.16. The fourth-order valence-corrected chi connectivity index (χ4v) is 3.14. The van der Waals surface area contributed by atoms with E-state index in [1.165, 1.54) is 31.6 Å². The first-order valence-corrected chi connectivity index (χ1v) is 7.63. The molecule has 19 heavy (non-hydrogen) atoms. The van der Waals surface area contributed by atoms with Crippen molar-refractivity contribution in [1.29, 1.82) is 0 Å². The lowest BCUT2D eigenvalue weighted by molar-refractivity contribution is 0.116. The molecule has 0 aliphatic carbocycles. The Kier molecular flexibility index (Phi) is 5.00. The van der Waals surface area contributed by atoms with Crippen molar-refractivity contribution in [3.8, 4) is 0 Å². The molecule has 0 bridgehead atoms. The van der Waals surface area contributed by atoms with Crippen LogP contribution in [0, 0.1) is 11.3 Å². The first kappa shape index (κ1) is 14.5. The van der Waals surface area contributed by atoms with Crippen molar-refractivity contribution in [3.05, 3.63) is 35.9 Å². The molecule has 2 heteroatoms. The van der Waals surface area contributed by atoms with Crippen LogP contribution in [-0.4, -0.2) is 31.1 Å². The minimum absolute atomic E-state index is 0.463. The zero-order valence-electron chi connectivity index (χ0n) is 12.7. The summed E-state index contributed by atoms with van der Waals surface area (Å²) in [6.45, 7) is 12.8. The average molecular weight is 260 g/mol. The third kappa shape index (κ3) is 3.58. The molecule has 1 unspecified atom stereocenters. The molecule has 1 aliphatic rings. The number of rotatable bonds is 6. The zero-order valence-corrected chi connectivity index (χ0v) is 12.7. The third-order valence-corrected chi connectivity index (χ3v) is 4.74. The van der Waals surface area contributed by atoms with Gasteiger partial charge in [-0.3, -0.25) is 4.90 Å². The molecule has 0 saturated carbocycles. The number of benzene rings is 1. The minimum atomic E-state index is 0.463. The highest BCUT2D eigenvalue weighted by atomic mass is 15.1. The fraction of sp³-hybridized carbons (Fsp3) is 0.647. The van der Waals surface area contributed by atoms with Gasteiger partial charge in [0.15, 0.2) is 0 Å². The predicted octanol–water partition coefficient (Wildman–Crippen LogP) is 3.14. The van der Waals surface area contributed by atoms with E-state index in [2.05, 4.69) is 61.3 Å². The monoisotopic (exact) mass is 260 g/mol. The van der Waals surface area contributed by atoms with E-state index in [0.29, 0.717) is 5.41 Å². The minimum Gasteiger partial charge on any atom is -0.316 e. The van der Waals surface area contributed by atoms with Crippen molar-refractivity contribution in [2.75, 3.05) is 26.2 Å². The summed E-state index contributed by atoms with van der Waals surface area (Å²) in [6.07, 6.45) is 1.32. The lowest BCUT2D eigenvalue weighted by atomic mass is 9.76. The van der Waals surface area contributed by atoms with Crippen molar-refractivity contribution in [1.82, 2.24) is 10.2 Å². The zero-order chi connectivity index (χ0) is 13.7. The molecule has 1 aromatic rings. The van der Waals surface area contributed by atoms with E-state index in [-0.39, 0.29) is 0 Å². The Morgan fingerprint density at radius 2 is 2.00 bits per heavy atom. The van der Waals surface area contributed by atoms with Crippen LogP contribution in [0.3, 0.4) is 0 Å². The summed E-state index contributed by atoms with van der Waals surface area (Å²) in [5.74, 6) is 0.743. The van der Waals surface area contributed by atoms with Gasteiger partial charge in [0.1, 0.15) is 0 Å². The molecule has 1 atom stereocenters. The standard InChI is InChI=1S/C17H28N2/c1-4-19(12-16-8-6-5-7-9-16)14-17(15(2)3)10-11-18-13-17/h5-9,15,18H,4,10-14H2,1-3H3.